The molecule has 2 N–H and O–H groups in total. The number of nitrogens with zero attached hydrogens (tertiary/aromatic N) is 1. The van der Waals surface area contributed by atoms with E-state index in [1.807, 2.05) is 42.5 Å². The van der Waals surface area contributed by atoms with Gasteiger partial charge in [0.15, 0.2) is 5.69 Å². The van der Waals surface area contributed by atoms with Crippen molar-refractivity contribution in [3.63, 3.8) is 0 Å². The molecule has 0 aliphatic rings. The van der Waals surface area contributed by atoms with E-state index in [9.17, 15) is 9.59 Å². The van der Waals surface area contributed by atoms with Crippen LogP contribution in [0.3, 0.4) is 0 Å². The van der Waals surface area contributed by atoms with E-state index in [1.165, 1.54) is 0 Å². The molecule has 2 aromatic carbocycles. The van der Waals surface area contributed by atoms with Crippen LogP contribution in [0.1, 0.15) is 16.1 Å². The summed E-state index contributed by atoms with van der Waals surface area (Å²) in [6.07, 6.45) is 0. The highest BCUT2D eigenvalue weighted by molar-refractivity contribution is 7.12. The Morgan fingerprint density at radius 2 is 1.77 bits per heavy atom. The van der Waals surface area contributed by atoms with Gasteiger partial charge in [-0.2, -0.15) is 4.37 Å². The second kappa shape index (κ2) is 6.46. The number of rotatable bonds is 4. The number of hydrogen-bond acceptors (Lipinski definition) is 5. The number of hydrazine groups is 1. The SMILES string of the molecule is O=C(NNCc1ccccc1)c1nsc2ccccc2c1=O. The van der Waals surface area contributed by atoms with E-state index in [2.05, 4.69) is 15.2 Å². The summed E-state index contributed by atoms with van der Waals surface area (Å²) in [5, 5.41) is 0.510. The summed E-state index contributed by atoms with van der Waals surface area (Å²) in [5.41, 5.74) is 5.89. The standard InChI is InChI=1S/C16H13N3O2S/c20-15-12-8-4-5-9-13(12)22-19-14(15)16(21)18-17-10-11-6-2-1-3-7-11/h1-9,17H,10H2,(H,18,21). The number of benzene rings is 2. The van der Waals surface area contributed by atoms with Crippen LogP contribution in [0.25, 0.3) is 10.1 Å². The van der Waals surface area contributed by atoms with Gasteiger partial charge in [-0.3, -0.25) is 15.0 Å². The lowest BCUT2D eigenvalue weighted by Crippen LogP contribution is -2.39. The van der Waals surface area contributed by atoms with Gasteiger partial charge in [0.2, 0.25) is 5.43 Å². The van der Waals surface area contributed by atoms with Gasteiger partial charge >= 0.3 is 0 Å². The van der Waals surface area contributed by atoms with Gasteiger partial charge < -0.3 is 0 Å². The molecule has 0 atom stereocenters. The van der Waals surface area contributed by atoms with Crippen molar-refractivity contribution in [1.29, 1.82) is 0 Å². The zero-order valence-electron chi connectivity index (χ0n) is 11.6. The highest BCUT2D eigenvalue weighted by Gasteiger charge is 2.14. The number of carbonyl (C=O) groups excluding carboxylic acids is 1. The van der Waals surface area contributed by atoms with Crippen molar-refractivity contribution in [1.82, 2.24) is 15.2 Å². The minimum Gasteiger partial charge on any atom is -0.287 e. The number of carbonyl (C=O) groups is 1. The Balaban J connectivity index is 1.73. The van der Waals surface area contributed by atoms with Gasteiger partial charge in [-0.1, -0.05) is 42.5 Å². The van der Waals surface area contributed by atoms with Crippen molar-refractivity contribution in [3.05, 3.63) is 76.1 Å². The van der Waals surface area contributed by atoms with Crippen molar-refractivity contribution >= 4 is 27.5 Å². The summed E-state index contributed by atoms with van der Waals surface area (Å²) in [6, 6.07) is 16.7. The van der Waals surface area contributed by atoms with Crippen LogP contribution >= 0.6 is 11.5 Å². The lowest BCUT2D eigenvalue weighted by Gasteiger charge is -2.06. The van der Waals surface area contributed by atoms with Crippen molar-refractivity contribution < 1.29 is 4.79 Å². The number of hydrogen-bond donors (Lipinski definition) is 2. The van der Waals surface area contributed by atoms with Crippen molar-refractivity contribution in [2.45, 2.75) is 6.54 Å². The molecule has 0 unspecified atom stereocenters. The molecule has 0 spiro atoms. The van der Waals surface area contributed by atoms with Crippen LogP contribution in [0.4, 0.5) is 0 Å². The fraction of sp³-hybridized carbons (Fsp3) is 0.0625. The first-order valence-electron chi connectivity index (χ1n) is 6.71. The molecule has 0 saturated carbocycles. The van der Waals surface area contributed by atoms with Crippen LogP contribution in [0.15, 0.2) is 59.4 Å². The summed E-state index contributed by atoms with van der Waals surface area (Å²) in [7, 11) is 0. The molecule has 0 saturated heterocycles. The summed E-state index contributed by atoms with van der Waals surface area (Å²) in [6.45, 7) is 0.470. The van der Waals surface area contributed by atoms with E-state index in [0.29, 0.717) is 11.9 Å². The van der Waals surface area contributed by atoms with E-state index < -0.39 is 5.91 Å². The Morgan fingerprint density at radius 1 is 1.05 bits per heavy atom. The molecule has 0 radical (unpaired) electrons. The quantitative estimate of drug-likeness (QED) is 0.724. The van der Waals surface area contributed by atoms with Crippen LogP contribution in [0.5, 0.6) is 0 Å². The summed E-state index contributed by atoms with van der Waals surface area (Å²) in [5.74, 6) is -0.525. The zero-order valence-corrected chi connectivity index (χ0v) is 12.4. The summed E-state index contributed by atoms with van der Waals surface area (Å²) in [4.78, 5) is 24.3. The predicted octanol–water partition coefficient (Wildman–Crippen LogP) is 2.09. The lowest BCUT2D eigenvalue weighted by atomic mass is 10.2. The van der Waals surface area contributed by atoms with Crippen molar-refractivity contribution in [2.75, 3.05) is 0 Å². The second-order valence-electron chi connectivity index (χ2n) is 4.65. The maximum atomic E-state index is 12.3. The Hall–Kier alpha value is -2.57. The van der Waals surface area contributed by atoms with Gasteiger partial charge in [0.25, 0.3) is 5.91 Å². The van der Waals surface area contributed by atoms with Gasteiger partial charge in [-0.05, 0) is 29.2 Å². The normalized spacial score (nSPS) is 10.5. The highest BCUT2D eigenvalue weighted by atomic mass is 32.1. The van der Waals surface area contributed by atoms with Gasteiger partial charge in [0.1, 0.15) is 0 Å². The first-order valence-corrected chi connectivity index (χ1v) is 7.49. The maximum Gasteiger partial charge on any atom is 0.289 e. The summed E-state index contributed by atoms with van der Waals surface area (Å²) < 4.78 is 4.77. The summed E-state index contributed by atoms with van der Waals surface area (Å²) >= 11 is 1.14. The largest absolute Gasteiger partial charge is 0.289 e. The van der Waals surface area contributed by atoms with Gasteiger partial charge in [-0.25, -0.2) is 5.43 Å². The fourth-order valence-corrected chi connectivity index (χ4v) is 2.78. The van der Waals surface area contributed by atoms with E-state index in [4.69, 9.17) is 0 Å². The molecule has 5 nitrogen and oxygen atoms in total. The number of aromatic nitrogens is 1. The minimum absolute atomic E-state index is 0.0933. The first-order chi connectivity index (χ1) is 10.8. The average Bonchev–Trinajstić information content (AvgIpc) is 2.56. The third-order valence-corrected chi connectivity index (χ3v) is 3.96. The Morgan fingerprint density at radius 3 is 2.59 bits per heavy atom. The molecule has 6 heteroatoms. The number of fused-ring (bicyclic) bond motifs is 1. The van der Waals surface area contributed by atoms with Crippen LogP contribution in [-0.2, 0) is 6.54 Å². The van der Waals surface area contributed by atoms with Crippen molar-refractivity contribution in [2.24, 2.45) is 0 Å². The highest BCUT2D eigenvalue weighted by Crippen LogP contribution is 2.13. The maximum absolute atomic E-state index is 12.3. The molecule has 1 amide bonds. The van der Waals surface area contributed by atoms with E-state index in [0.717, 1.165) is 21.8 Å². The molecule has 0 fully saturated rings. The smallest absolute Gasteiger partial charge is 0.287 e. The third kappa shape index (κ3) is 3.03. The molecule has 1 heterocycles. The molecule has 110 valence electrons. The Kier molecular flexibility index (Phi) is 4.22. The Labute approximate surface area is 130 Å². The second-order valence-corrected chi connectivity index (χ2v) is 5.45. The lowest BCUT2D eigenvalue weighted by molar-refractivity contribution is 0.0927. The molecular weight excluding hydrogens is 298 g/mol. The molecule has 0 aliphatic heterocycles. The molecular formula is C16H13N3O2S. The predicted molar refractivity (Wildman–Crippen MR) is 86.6 cm³/mol. The molecule has 3 rings (SSSR count). The Bertz CT molecular complexity index is 862. The number of amides is 1. The molecule has 0 aliphatic carbocycles. The van der Waals surface area contributed by atoms with Crippen LogP contribution in [-0.4, -0.2) is 10.3 Å². The van der Waals surface area contributed by atoms with Gasteiger partial charge in [0.05, 0.1) is 4.70 Å². The van der Waals surface area contributed by atoms with Crippen LogP contribution in [0, 0.1) is 0 Å². The van der Waals surface area contributed by atoms with Gasteiger partial charge in [0, 0.05) is 11.9 Å². The molecule has 22 heavy (non-hydrogen) atoms. The first kappa shape index (κ1) is 14.4. The number of nitrogens with one attached hydrogen (secondary N) is 2. The van der Waals surface area contributed by atoms with E-state index in [-0.39, 0.29) is 11.1 Å². The molecule has 0 bridgehead atoms. The third-order valence-electron chi connectivity index (χ3n) is 3.13. The van der Waals surface area contributed by atoms with Gasteiger partial charge in [-0.15, -0.1) is 0 Å². The molecule has 3 aromatic rings. The van der Waals surface area contributed by atoms with Crippen LogP contribution < -0.4 is 16.3 Å². The fourth-order valence-electron chi connectivity index (χ4n) is 2.02. The van der Waals surface area contributed by atoms with Crippen molar-refractivity contribution in [3.8, 4) is 0 Å². The minimum atomic E-state index is -0.525. The van der Waals surface area contributed by atoms with E-state index >= 15 is 0 Å². The zero-order chi connectivity index (χ0) is 15.4. The van der Waals surface area contributed by atoms with E-state index in [1.54, 1.807) is 12.1 Å². The monoisotopic (exact) mass is 311 g/mol. The average molecular weight is 311 g/mol. The molecule has 1 aromatic heterocycles. The van der Waals surface area contributed by atoms with Crippen LogP contribution in [0.2, 0.25) is 0 Å². The topological polar surface area (TPSA) is 71.1 Å².